The van der Waals surface area contributed by atoms with E-state index in [0.29, 0.717) is 5.39 Å². The molecule has 10 heteroatoms. The third-order valence-corrected chi connectivity index (χ3v) is 4.45. The molecule has 0 spiro atoms. The lowest BCUT2D eigenvalue weighted by atomic mass is 10.1. The molecule has 0 heterocycles. The van der Waals surface area contributed by atoms with E-state index in [0.717, 1.165) is 12.1 Å². The minimum Gasteiger partial charge on any atom is -0.505 e. The van der Waals surface area contributed by atoms with Gasteiger partial charge in [-0.1, -0.05) is 24.3 Å². The number of azo groups is 1. The fraction of sp³-hybridized carbons (Fsp3) is 0. The smallest absolute Gasteiger partial charge is 0.295 e. The van der Waals surface area contributed by atoms with Gasteiger partial charge < -0.3 is 10.2 Å². The van der Waals surface area contributed by atoms with Crippen molar-refractivity contribution in [3.05, 3.63) is 53.4 Å². The number of rotatable bonds is 4. The molecule has 3 rings (SSSR count). The second-order valence-corrected chi connectivity index (χ2v) is 6.62. The first-order valence-corrected chi connectivity index (χ1v) is 8.55. The Balaban J connectivity index is 2.19. The summed E-state index contributed by atoms with van der Waals surface area (Å²) in [5.74, 6) is -0.968. The normalized spacial score (nSPS) is 11.9. The molecule has 0 unspecified atom stereocenters. The van der Waals surface area contributed by atoms with Gasteiger partial charge in [0.2, 0.25) is 0 Å². The van der Waals surface area contributed by atoms with E-state index < -0.39 is 21.6 Å². The predicted octanol–water partition coefficient (Wildman–Crippen LogP) is 4.31. The monoisotopic (exact) mass is 373 g/mol. The van der Waals surface area contributed by atoms with Gasteiger partial charge in [-0.05, 0) is 22.7 Å². The van der Waals surface area contributed by atoms with Crippen LogP contribution in [-0.2, 0) is 10.1 Å². The van der Waals surface area contributed by atoms with Gasteiger partial charge >= 0.3 is 0 Å². The van der Waals surface area contributed by atoms with Crippen LogP contribution >= 0.6 is 0 Å². The van der Waals surface area contributed by atoms with Crippen LogP contribution < -0.4 is 0 Å². The summed E-state index contributed by atoms with van der Waals surface area (Å²) in [5, 5.41) is 30.2. The molecule has 0 radical (unpaired) electrons. The van der Waals surface area contributed by atoms with Crippen molar-refractivity contribution in [1.29, 1.82) is 0 Å². The fourth-order valence-electron chi connectivity index (χ4n) is 2.40. The fourth-order valence-corrected chi connectivity index (χ4v) is 3.13. The van der Waals surface area contributed by atoms with Crippen LogP contribution in [0.1, 0.15) is 0 Å². The van der Waals surface area contributed by atoms with Gasteiger partial charge in [0.15, 0.2) is 5.69 Å². The molecule has 0 aliphatic carbocycles. The molecule has 9 nitrogen and oxygen atoms in total. The Bertz CT molecular complexity index is 1150. The quantitative estimate of drug-likeness (QED) is 0.352. The van der Waals surface area contributed by atoms with Crippen LogP contribution in [-0.4, -0.2) is 23.2 Å². The van der Waals surface area contributed by atoms with E-state index in [4.69, 9.17) is 0 Å². The van der Waals surface area contributed by atoms with Crippen LogP contribution in [0.2, 0.25) is 0 Å². The lowest BCUT2D eigenvalue weighted by molar-refractivity contribution is 0.452. The first kappa shape index (κ1) is 17.5. The summed E-state index contributed by atoms with van der Waals surface area (Å²) in [6.45, 7) is 0. The molecule has 0 bridgehead atoms. The number of nitrogens with zero attached hydrogens (tertiary/aromatic N) is 3. The standard InChI is InChI=1S/C16H11N3O6S/c20-13-8-14(21)12(19-22)7-11(13)18-17-10-5-1-3-9-4-2-6-15(16(9)10)26(23,24)25/h1-8,20-21H,(H,23,24,25). The molecule has 0 atom stereocenters. The maximum absolute atomic E-state index is 11.6. The number of benzene rings is 3. The van der Waals surface area contributed by atoms with Crippen molar-refractivity contribution < 1.29 is 23.2 Å². The maximum Gasteiger partial charge on any atom is 0.295 e. The number of hydrogen-bond donors (Lipinski definition) is 3. The van der Waals surface area contributed by atoms with E-state index in [2.05, 4.69) is 15.4 Å². The number of fused-ring (bicyclic) bond motifs is 1. The summed E-state index contributed by atoms with van der Waals surface area (Å²) in [4.78, 5) is 10.3. The molecule has 0 amide bonds. The Hall–Kier alpha value is -3.37. The molecule has 3 aromatic rings. The first-order chi connectivity index (χ1) is 12.3. The molecular weight excluding hydrogens is 362 g/mol. The zero-order valence-corrected chi connectivity index (χ0v) is 13.8. The Morgan fingerprint density at radius 3 is 2.08 bits per heavy atom. The van der Waals surface area contributed by atoms with Gasteiger partial charge in [-0.15, -0.1) is 15.1 Å². The van der Waals surface area contributed by atoms with Crippen LogP contribution in [0, 0.1) is 4.91 Å². The summed E-state index contributed by atoms with van der Waals surface area (Å²) in [6, 6.07) is 11.0. The Morgan fingerprint density at radius 1 is 0.808 bits per heavy atom. The van der Waals surface area contributed by atoms with Gasteiger partial charge in [0.1, 0.15) is 22.1 Å². The zero-order valence-electron chi connectivity index (χ0n) is 12.9. The summed E-state index contributed by atoms with van der Waals surface area (Å²) in [5.41, 5.74) is -0.379. The molecule has 0 saturated carbocycles. The molecule has 0 aromatic heterocycles. The van der Waals surface area contributed by atoms with Crippen molar-refractivity contribution in [2.45, 2.75) is 4.90 Å². The Morgan fingerprint density at radius 2 is 1.42 bits per heavy atom. The Kier molecular flexibility index (Phi) is 4.36. The molecule has 0 aliphatic heterocycles. The molecule has 3 aromatic carbocycles. The average Bonchev–Trinajstić information content (AvgIpc) is 2.59. The van der Waals surface area contributed by atoms with Crippen LogP contribution in [0.25, 0.3) is 10.8 Å². The highest BCUT2D eigenvalue weighted by atomic mass is 32.2. The highest BCUT2D eigenvalue weighted by Crippen LogP contribution is 2.39. The van der Waals surface area contributed by atoms with Gasteiger partial charge in [-0.25, -0.2) is 0 Å². The number of hydrogen-bond acceptors (Lipinski definition) is 8. The van der Waals surface area contributed by atoms with Crippen molar-refractivity contribution in [3.63, 3.8) is 0 Å². The number of nitroso groups, excluding NO2 is 1. The SMILES string of the molecule is O=Nc1cc(N=Nc2cccc3cccc(S(=O)(=O)O)c23)c(O)cc1O. The molecule has 0 aliphatic rings. The van der Waals surface area contributed by atoms with Gasteiger partial charge in [0.25, 0.3) is 10.1 Å². The minimum absolute atomic E-state index is 0.115. The van der Waals surface area contributed by atoms with Crippen molar-refractivity contribution in [3.8, 4) is 11.5 Å². The van der Waals surface area contributed by atoms with Crippen molar-refractivity contribution in [2.75, 3.05) is 0 Å². The minimum atomic E-state index is -4.50. The van der Waals surface area contributed by atoms with Crippen molar-refractivity contribution in [1.82, 2.24) is 0 Å². The van der Waals surface area contributed by atoms with Crippen molar-refractivity contribution in [2.24, 2.45) is 15.4 Å². The van der Waals surface area contributed by atoms with Gasteiger partial charge in [0.05, 0.1) is 5.69 Å². The van der Waals surface area contributed by atoms with Crippen LogP contribution in [0.4, 0.5) is 17.1 Å². The summed E-state index contributed by atoms with van der Waals surface area (Å²) < 4.78 is 32.7. The third kappa shape index (κ3) is 3.23. The highest BCUT2D eigenvalue weighted by molar-refractivity contribution is 7.86. The maximum atomic E-state index is 11.6. The van der Waals surface area contributed by atoms with E-state index in [9.17, 15) is 28.1 Å². The second kappa shape index (κ2) is 6.50. The largest absolute Gasteiger partial charge is 0.505 e. The zero-order chi connectivity index (χ0) is 18.9. The van der Waals surface area contributed by atoms with E-state index in [1.807, 2.05) is 0 Å². The van der Waals surface area contributed by atoms with E-state index in [1.54, 1.807) is 18.2 Å². The number of aromatic hydroxyl groups is 2. The van der Waals surface area contributed by atoms with Crippen LogP contribution in [0.5, 0.6) is 11.5 Å². The summed E-state index contributed by atoms with van der Waals surface area (Å²) in [7, 11) is -4.50. The molecule has 132 valence electrons. The second-order valence-electron chi connectivity index (χ2n) is 5.23. The predicted molar refractivity (Wildman–Crippen MR) is 93.2 cm³/mol. The molecule has 0 fully saturated rings. The molecular formula is C16H11N3O6S. The highest BCUT2D eigenvalue weighted by Gasteiger charge is 2.16. The summed E-state index contributed by atoms with van der Waals surface area (Å²) >= 11 is 0. The Labute approximate surface area is 147 Å². The number of phenolic OH excluding ortho intramolecular Hbond substituents is 2. The van der Waals surface area contributed by atoms with Crippen molar-refractivity contribution >= 4 is 38.0 Å². The topological polar surface area (TPSA) is 149 Å². The number of phenols is 2. The average molecular weight is 373 g/mol. The third-order valence-electron chi connectivity index (χ3n) is 3.56. The molecule has 26 heavy (non-hydrogen) atoms. The van der Waals surface area contributed by atoms with Crippen LogP contribution in [0.15, 0.2) is 68.8 Å². The molecule has 0 saturated heterocycles. The van der Waals surface area contributed by atoms with Gasteiger partial charge in [0, 0.05) is 17.5 Å². The summed E-state index contributed by atoms with van der Waals surface area (Å²) in [6.07, 6.45) is 0. The van der Waals surface area contributed by atoms with E-state index in [-0.39, 0.29) is 27.3 Å². The van der Waals surface area contributed by atoms with E-state index in [1.165, 1.54) is 18.2 Å². The molecule has 3 N–H and O–H groups in total. The van der Waals surface area contributed by atoms with Crippen LogP contribution in [0.3, 0.4) is 0 Å². The van der Waals surface area contributed by atoms with E-state index >= 15 is 0 Å². The lowest BCUT2D eigenvalue weighted by Gasteiger charge is -2.06. The van der Waals surface area contributed by atoms with Gasteiger partial charge in [-0.2, -0.15) is 8.42 Å². The lowest BCUT2D eigenvalue weighted by Crippen LogP contribution is -1.98. The van der Waals surface area contributed by atoms with Gasteiger partial charge in [-0.3, -0.25) is 4.55 Å². The first-order valence-electron chi connectivity index (χ1n) is 7.11.